The first kappa shape index (κ1) is 20.7. The summed E-state index contributed by atoms with van der Waals surface area (Å²) in [6.07, 6.45) is 1.33. The van der Waals surface area contributed by atoms with Gasteiger partial charge in [-0.05, 0) is 54.3 Å². The maximum atomic E-state index is 13.9. The Labute approximate surface area is 183 Å². The molecule has 2 atom stereocenters. The van der Waals surface area contributed by atoms with Crippen LogP contribution in [0.15, 0.2) is 54.6 Å². The summed E-state index contributed by atoms with van der Waals surface area (Å²) in [5, 5.41) is 9.95. The zero-order valence-electron chi connectivity index (χ0n) is 15.7. The van der Waals surface area contributed by atoms with Crippen molar-refractivity contribution in [2.75, 3.05) is 0 Å². The number of benzene rings is 3. The number of rotatable bonds is 4. The number of aliphatic carboxylic acids is 1. The summed E-state index contributed by atoms with van der Waals surface area (Å²) in [7, 11) is 0. The molecule has 0 aromatic heterocycles. The topological polar surface area (TPSA) is 72.5 Å². The van der Waals surface area contributed by atoms with E-state index in [4.69, 9.17) is 33.7 Å². The third-order valence-electron chi connectivity index (χ3n) is 5.29. The number of carboxylic acid groups (broad SMARTS) is 1. The zero-order valence-corrected chi connectivity index (χ0v) is 17.3. The van der Waals surface area contributed by atoms with Gasteiger partial charge < -0.3 is 15.6 Å². The van der Waals surface area contributed by atoms with E-state index in [0.29, 0.717) is 41.0 Å². The van der Waals surface area contributed by atoms with Gasteiger partial charge in [-0.1, -0.05) is 47.5 Å². The van der Waals surface area contributed by atoms with Crippen LogP contribution in [0.25, 0.3) is 11.1 Å². The molecule has 154 valence electrons. The molecule has 4 nitrogen and oxygen atoms in total. The quantitative estimate of drug-likeness (QED) is 0.480. The summed E-state index contributed by atoms with van der Waals surface area (Å²) >= 11 is 12.3. The normalized spacial score (nSPS) is 18.0. The maximum absolute atomic E-state index is 13.9. The van der Waals surface area contributed by atoms with Gasteiger partial charge in [0.15, 0.2) is 0 Å². The lowest BCUT2D eigenvalue weighted by atomic mass is 9.79. The Morgan fingerprint density at radius 3 is 2.63 bits per heavy atom. The number of hydrogen-bond acceptors (Lipinski definition) is 3. The van der Waals surface area contributed by atoms with E-state index in [1.54, 1.807) is 36.4 Å². The van der Waals surface area contributed by atoms with Crippen molar-refractivity contribution in [3.8, 4) is 22.6 Å². The molecule has 2 unspecified atom stereocenters. The van der Waals surface area contributed by atoms with Crippen molar-refractivity contribution in [2.45, 2.75) is 24.8 Å². The van der Waals surface area contributed by atoms with Crippen molar-refractivity contribution in [1.82, 2.24) is 0 Å². The van der Waals surface area contributed by atoms with E-state index in [2.05, 4.69) is 0 Å². The second kappa shape index (κ2) is 8.26. The van der Waals surface area contributed by atoms with Gasteiger partial charge in [-0.3, -0.25) is 4.79 Å². The fourth-order valence-corrected chi connectivity index (χ4v) is 4.26. The Morgan fingerprint density at radius 2 is 1.87 bits per heavy atom. The molecule has 0 spiro atoms. The molecule has 0 fully saturated rings. The number of para-hydroxylation sites is 1. The number of nitrogens with two attached hydrogens (primary N) is 1. The summed E-state index contributed by atoms with van der Waals surface area (Å²) in [6.45, 7) is 0. The van der Waals surface area contributed by atoms with Crippen LogP contribution in [-0.4, -0.2) is 17.1 Å². The standard InChI is InChI=1S/C23H18Cl2FNO3/c24-18-10-13(26)9-17(22(18)25)15-3-1-2-4-20(15)30-14-7-5-12-6-8-19(27)21(23(28)29)16(12)11-14/h1-5,7,9-11,19,21H,6,8,27H2,(H,28,29). The molecular weight excluding hydrogens is 428 g/mol. The van der Waals surface area contributed by atoms with Crippen LogP contribution >= 0.6 is 23.2 Å². The molecule has 3 N–H and O–H groups in total. The largest absolute Gasteiger partial charge is 0.481 e. The first-order valence-electron chi connectivity index (χ1n) is 9.38. The smallest absolute Gasteiger partial charge is 0.312 e. The summed E-state index contributed by atoms with van der Waals surface area (Å²) in [6, 6.07) is 14.4. The molecule has 4 rings (SSSR count). The molecule has 30 heavy (non-hydrogen) atoms. The second-order valence-corrected chi connectivity index (χ2v) is 8.01. The van der Waals surface area contributed by atoms with Crippen LogP contribution in [0.1, 0.15) is 23.5 Å². The van der Waals surface area contributed by atoms with Gasteiger partial charge in [0.2, 0.25) is 0 Å². The SMILES string of the molecule is NC1CCc2ccc(Oc3ccccc3-c3cc(F)cc(Cl)c3Cl)cc2C1C(=O)O. The lowest BCUT2D eigenvalue weighted by Crippen LogP contribution is -2.37. The fraction of sp³-hybridized carbons (Fsp3) is 0.174. The van der Waals surface area contributed by atoms with Gasteiger partial charge in [0.05, 0.1) is 16.0 Å². The Hall–Kier alpha value is -2.60. The third kappa shape index (κ3) is 3.88. The zero-order chi connectivity index (χ0) is 21.4. The predicted molar refractivity (Wildman–Crippen MR) is 115 cm³/mol. The van der Waals surface area contributed by atoms with Crippen molar-refractivity contribution in [2.24, 2.45) is 5.73 Å². The van der Waals surface area contributed by atoms with Gasteiger partial charge in [-0.25, -0.2) is 4.39 Å². The number of aryl methyl sites for hydroxylation is 1. The number of hydrogen-bond donors (Lipinski definition) is 2. The van der Waals surface area contributed by atoms with Gasteiger partial charge in [0.25, 0.3) is 0 Å². The van der Waals surface area contributed by atoms with Crippen LogP contribution in [0.4, 0.5) is 4.39 Å². The highest BCUT2D eigenvalue weighted by molar-refractivity contribution is 6.43. The highest BCUT2D eigenvalue weighted by atomic mass is 35.5. The molecule has 7 heteroatoms. The predicted octanol–water partition coefficient (Wildman–Crippen LogP) is 6.03. The van der Waals surface area contributed by atoms with E-state index in [1.807, 2.05) is 6.07 Å². The van der Waals surface area contributed by atoms with E-state index in [1.165, 1.54) is 6.07 Å². The molecule has 0 heterocycles. The van der Waals surface area contributed by atoms with Crippen LogP contribution in [0.3, 0.4) is 0 Å². The number of ether oxygens (including phenoxy) is 1. The van der Waals surface area contributed by atoms with Crippen molar-refractivity contribution >= 4 is 29.2 Å². The Bertz CT molecular complexity index is 1140. The van der Waals surface area contributed by atoms with E-state index in [9.17, 15) is 14.3 Å². The van der Waals surface area contributed by atoms with Gasteiger partial charge in [0.1, 0.15) is 17.3 Å². The summed E-state index contributed by atoms with van der Waals surface area (Å²) in [5.74, 6) is -1.36. The van der Waals surface area contributed by atoms with E-state index in [0.717, 1.165) is 11.6 Å². The highest BCUT2D eigenvalue weighted by Gasteiger charge is 2.33. The summed E-state index contributed by atoms with van der Waals surface area (Å²) in [4.78, 5) is 11.8. The van der Waals surface area contributed by atoms with E-state index in [-0.39, 0.29) is 10.0 Å². The summed E-state index contributed by atoms with van der Waals surface area (Å²) in [5.41, 5.74) is 8.63. The average molecular weight is 446 g/mol. The summed E-state index contributed by atoms with van der Waals surface area (Å²) < 4.78 is 20.0. The minimum Gasteiger partial charge on any atom is -0.481 e. The molecule has 1 aliphatic rings. The van der Waals surface area contributed by atoms with Crippen LogP contribution < -0.4 is 10.5 Å². The van der Waals surface area contributed by atoms with Gasteiger partial charge in [-0.15, -0.1) is 0 Å². The molecule has 0 saturated heterocycles. The molecule has 3 aromatic rings. The lowest BCUT2D eigenvalue weighted by Gasteiger charge is -2.28. The van der Waals surface area contributed by atoms with Crippen molar-refractivity contribution in [3.63, 3.8) is 0 Å². The molecule has 0 radical (unpaired) electrons. The molecule has 0 amide bonds. The van der Waals surface area contributed by atoms with Gasteiger partial charge in [0, 0.05) is 17.2 Å². The monoisotopic (exact) mass is 445 g/mol. The van der Waals surface area contributed by atoms with Crippen molar-refractivity contribution in [3.05, 3.63) is 81.6 Å². The fourth-order valence-electron chi connectivity index (χ4n) is 3.85. The van der Waals surface area contributed by atoms with Crippen LogP contribution in [0.5, 0.6) is 11.5 Å². The van der Waals surface area contributed by atoms with Gasteiger partial charge in [-0.2, -0.15) is 0 Å². The lowest BCUT2D eigenvalue weighted by molar-refractivity contribution is -0.139. The number of carboxylic acids is 1. The Kier molecular flexibility index (Phi) is 5.69. The van der Waals surface area contributed by atoms with E-state index < -0.39 is 23.7 Å². The maximum Gasteiger partial charge on any atom is 0.312 e. The second-order valence-electron chi connectivity index (χ2n) is 7.23. The first-order chi connectivity index (χ1) is 14.3. The molecule has 0 saturated carbocycles. The minimum absolute atomic E-state index is 0.105. The average Bonchev–Trinajstić information content (AvgIpc) is 2.70. The van der Waals surface area contributed by atoms with Crippen LogP contribution in [0.2, 0.25) is 10.0 Å². The van der Waals surface area contributed by atoms with Crippen molar-refractivity contribution < 1.29 is 19.0 Å². The third-order valence-corrected chi connectivity index (χ3v) is 6.09. The Balaban J connectivity index is 1.75. The molecule has 0 bridgehead atoms. The molecule has 0 aliphatic heterocycles. The minimum atomic E-state index is -0.956. The van der Waals surface area contributed by atoms with Crippen LogP contribution in [-0.2, 0) is 11.2 Å². The molecular formula is C23H18Cl2FNO3. The van der Waals surface area contributed by atoms with Crippen molar-refractivity contribution in [1.29, 1.82) is 0 Å². The number of halogens is 3. The van der Waals surface area contributed by atoms with Crippen LogP contribution in [0, 0.1) is 5.82 Å². The number of fused-ring (bicyclic) bond motifs is 1. The number of carbonyl (C=O) groups is 1. The Morgan fingerprint density at radius 1 is 1.10 bits per heavy atom. The highest BCUT2D eigenvalue weighted by Crippen LogP contribution is 2.41. The van der Waals surface area contributed by atoms with Gasteiger partial charge >= 0.3 is 5.97 Å². The first-order valence-corrected chi connectivity index (χ1v) is 10.1. The molecule has 3 aromatic carbocycles. The van der Waals surface area contributed by atoms with E-state index >= 15 is 0 Å². The molecule has 1 aliphatic carbocycles.